The summed E-state index contributed by atoms with van der Waals surface area (Å²) in [6.07, 6.45) is 7.98. The van der Waals surface area contributed by atoms with Crippen molar-refractivity contribution in [3.8, 4) is 11.3 Å². The van der Waals surface area contributed by atoms with Crippen molar-refractivity contribution in [2.75, 3.05) is 61.4 Å². The number of alkyl halides is 1. The third-order valence-corrected chi connectivity index (χ3v) is 13.3. The number of nitrogens with one attached hydrogen (secondary N) is 3. The number of nitrogens with zero attached hydrogens (tertiary/aromatic N) is 8. The highest BCUT2D eigenvalue weighted by molar-refractivity contribution is 6.06. The first-order valence-electron chi connectivity index (χ1n) is 21.2. The normalized spacial score (nSPS) is 21.1. The van der Waals surface area contributed by atoms with E-state index in [2.05, 4.69) is 55.0 Å². The van der Waals surface area contributed by atoms with E-state index in [9.17, 15) is 23.6 Å². The van der Waals surface area contributed by atoms with Gasteiger partial charge in [0, 0.05) is 87.4 Å². The van der Waals surface area contributed by atoms with Crippen LogP contribution in [-0.2, 0) is 17.8 Å². The van der Waals surface area contributed by atoms with Gasteiger partial charge in [-0.2, -0.15) is 0 Å². The fourth-order valence-electron chi connectivity index (χ4n) is 9.50. The number of imide groups is 1. The number of anilines is 4. The van der Waals surface area contributed by atoms with Crippen molar-refractivity contribution in [1.82, 2.24) is 40.0 Å². The molecule has 1 spiro atoms. The first-order valence-corrected chi connectivity index (χ1v) is 21.2. The molecule has 1 saturated carbocycles. The van der Waals surface area contributed by atoms with Crippen LogP contribution >= 0.6 is 0 Å². The van der Waals surface area contributed by atoms with Gasteiger partial charge in [-0.05, 0) is 92.1 Å². The number of likely N-dealkylation sites (tertiary alicyclic amines) is 2. The van der Waals surface area contributed by atoms with Crippen LogP contribution in [0.2, 0.25) is 0 Å². The van der Waals surface area contributed by atoms with Crippen LogP contribution in [0, 0.1) is 5.41 Å². The van der Waals surface area contributed by atoms with Gasteiger partial charge < -0.3 is 20.4 Å². The molecule has 0 radical (unpaired) electrons. The summed E-state index contributed by atoms with van der Waals surface area (Å²) in [5.74, 6) is -0.0264. The lowest BCUT2D eigenvalue weighted by molar-refractivity contribution is -0.120. The van der Waals surface area contributed by atoms with E-state index in [-0.39, 0.29) is 29.3 Å². The Kier molecular flexibility index (Phi) is 9.89. The maximum atomic E-state index is 13.6. The van der Waals surface area contributed by atoms with Crippen LogP contribution in [-0.4, -0.2) is 112 Å². The van der Waals surface area contributed by atoms with Gasteiger partial charge in [-0.3, -0.25) is 34.5 Å². The number of imidazole rings is 1. The zero-order chi connectivity index (χ0) is 41.8. The van der Waals surface area contributed by atoms with Gasteiger partial charge in [0.2, 0.25) is 5.91 Å². The summed E-state index contributed by atoms with van der Waals surface area (Å²) >= 11 is 0. The predicted molar refractivity (Wildman–Crippen MR) is 228 cm³/mol. The van der Waals surface area contributed by atoms with Crippen molar-refractivity contribution >= 4 is 52.3 Å². The molecule has 7 heterocycles. The number of carbonyl (C=O) groups is 4. The fraction of sp³-hybridized carbons (Fsp3) is 0.400. The Balaban J connectivity index is 0.757. The number of rotatable bonds is 9. The Morgan fingerprint density at radius 2 is 1.66 bits per heavy atom. The summed E-state index contributed by atoms with van der Waals surface area (Å²) in [5, 5.41) is 13.1. The van der Waals surface area contributed by atoms with Gasteiger partial charge in [0.05, 0.1) is 23.6 Å². The molecule has 0 unspecified atom stereocenters. The molecule has 3 aromatic heterocycles. The number of hydrogen-bond acceptors (Lipinski definition) is 10. The molecule has 3 N–H and O–H groups in total. The molecule has 16 heteroatoms. The molecule has 15 nitrogen and oxygen atoms in total. The first-order chi connectivity index (χ1) is 29.6. The van der Waals surface area contributed by atoms with E-state index < -0.39 is 24.2 Å². The summed E-state index contributed by atoms with van der Waals surface area (Å²) in [4.78, 5) is 68.1. The third kappa shape index (κ3) is 7.42. The monoisotopic (exact) mass is 825 g/mol. The number of fused-ring (bicyclic) bond motifs is 2. The van der Waals surface area contributed by atoms with Gasteiger partial charge in [0.15, 0.2) is 17.2 Å². The Morgan fingerprint density at radius 1 is 0.885 bits per heavy atom. The van der Waals surface area contributed by atoms with Crippen LogP contribution < -0.4 is 25.8 Å². The molecule has 314 valence electrons. The van der Waals surface area contributed by atoms with E-state index in [0.717, 1.165) is 74.4 Å². The molecule has 2 aromatic carbocycles. The fourth-order valence-corrected chi connectivity index (χ4v) is 9.50. The van der Waals surface area contributed by atoms with Gasteiger partial charge in [-0.1, -0.05) is 24.3 Å². The summed E-state index contributed by atoms with van der Waals surface area (Å²) in [6.45, 7) is 5.26. The van der Waals surface area contributed by atoms with Crippen molar-refractivity contribution in [1.29, 1.82) is 0 Å². The number of hydrogen-bond donors (Lipinski definition) is 3. The molecule has 4 aliphatic heterocycles. The zero-order valence-electron chi connectivity index (χ0n) is 34.1. The molecule has 61 heavy (non-hydrogen) atoms. The van der Waals surface area contributed by atoms with Crippen molar-refractivity contribution in [2.45, 2.75) is 63.7 Å². The van der Waals surface area contributed by atoms with Gasteiger partial charge in [-0.15, -0.1) is 5.10 Å². The summed E-state index contributed by atoms with van der Waals surface area (Å²) in [5.41, 5.74) is 8.32. The average molecular weight is 826 g/mol. The number of carbonyl (C=O) groups excluding carboxylic acids is 4. The van der Waals surface area contributed by atoms with Crippen molar-refractivity contribution in [3.63, 3.8) is 0 Å². The molecule has 10 rings (SSSR count). The van der Waals surface area contributed by atoms with E-state index in [4.69, 9.17) is 10.1 Å². The lowest BCUT2D eigenvalue weighted by atomic mass is 9.71. The predicted octanol–water partition coefficient (Wildman–Crippen LogP) is 5.33. The minimum Gasteiger partial charge on any atom is -0.385 e. The molecule has 5 amide bonds. The maximum Gasteiger partial charge on any atom is 0.328 e. The number of benzene rings is 2. The van der Waals surface area contributed by atoms with Gasteiger partial charge in [0.1, 0.15) is 6.17 Å². The third-order valence-electron chi connectivity index (χ3n) is 13.3. The SMILES string of the molecule is CNc1cc(N2CCc3c(-c4ccc(CN5CCC6(CC5)CCN(C(=O)c5cccc(N7CCC(=O)NC7=O)c5)CC6)cn4)cccc32)nn2c(C(=O)N[C@@H]3C[C@@H]3F)cnc12. The molecule has 1 aliphatic carbocycles. The summed E-state index contributed by atoms with van der Waals surface area (Å²) in [7, 11) is 1.81. The maximum absolute atomic E-state index is 13.6. The molecule has 2 atom stereocenters. The molecule has 3 saturated heterocycles. The number of urea groups is 1. The van der Waals surface area contributed by atoms with Gasteiger partial charge >= 0.3 is 6.03 Å². The molecular formula is C45H48FN11O4. The van der Waals surface area contributed by atoms with Crippen LogP contribution in [0.25, 0.3) is 16.9 Å². The number of amides is 5. The van der Waals surface area contributed by atoms with E-state index in [1.165, 1.54) is 26.7 Å². The largest absolute Gasteiger partial charge is 0.385 e. The standard InChI is InChI=1S/C45H48FN11O4/c1-47-36-24-39(52-57-38(26-49-41(36)57)42(59)50-35-23-33(35)46)56-16-10-32-31(6-3-7-37(32)56)34-9-8-28(25-48-34)27-53-18-12-45(13-19-53)14-20-54(21-15-45)43(60)29-4-2-5-30(22-29)55-17-11-40(58)51-44(55)61/h2-9,22,24-26,33,35,47H,10-21,23,27H2,1H3,(H,50,59)(H,51,58,61)/t33-,35+/m0/s1. The highest BCUT2D eigenvalue weighted by Gasteiger charge is 2.40. The molecule has 5 aliphatic rings. The second kappa shape index (κ2) is 15.6. The minimum absolute atomic E-state index is 0.0199. The van der Waals surface area contributed by atoms with E-state index in [1.807, 2.05) is 30.3 Å². The average Bonchev–Trinajstić information content (AvgIpc) is 3.59. The Labute approximate surface area is 352 Å². The minimum atomic E-state index is -1.01. The van der Waals surface area contributed by atoms with E-state index >= 15 is 0 Å². The quantitative estimate of drug-likeness (QED) is 0.177. The second-order valence-electron chi connectivity index (χ2n) is 17.0. The molecular weight excluding hydrogens is 778 g/mol. The van der Waals surface area contributed by atoms with Crippen LogP contribution in [0.15, 0.2) is 73.1 Å². The van der Waals surface area contributed by atoms with Crippen LogP contribution in [0.5, 0.6) is 0 Å². The number of halogens is 1. The smallest absolute Gasteiger partial charge is 0.328 e. The highest BCUT2D eigenvalue weighted by atomic mass is 19.1. The Bertz CT molecular complexity index is 2540. The lowest BCUT2D eigenvalue weighted by Gasteiger charge is -2.47. The topological polar surface area (TPSA) is 160 Å². The molecule has 4 fully saturated rings. The number of aromatic nitrogens is 4. The van der Waals surface area contributed by atoms with E-state index in [1.54, 1.807) is 24.3 Å². The van der Waals surface area contributed by atoms with Crippen molar-refractivity contribution < 1.29 is 23.6 Å². The molecule has 5 aromatic rings. The van der Waals surface area contributed by atoms with Crippen LogP contribution in [0.3, 0.4) is 0 Å². The van der Waals surface area contributed by atoms with Gasteiger partial charge in [0.25, 0.3) is 11.8 Å². The Hall–Kier alpha value is -6.42. The van der Waals surface area contributed by atoms with E-state index in [0.29, 0.717) is 55.3 Å². The van der Waals surface area contributed by atoms with Gasteiger partial charge in [-0.25, -0.2) is 18.7 Å². The number of pyridine rings is 1. The zero-order valence-corrected chi connectivity index (χ0v) is 34.1. The highest BCUT2D eigenvalue weighted by Crippen LogP contribution is 2.43. The second-order valence-corrected chi connectivity index (χ2v) is 17.0. The van der Waals surface area contributed by atoms with Crippen LogP contribution in [0.1, 0.15) is 70.5 Å². The van der Waals surface area contributed by atoms with Crippen LogP contribution in [0.4, 0.5) is 32.1 Å². The van der Waals surface area contributed by atoms with Crippen molar-refractivity contribution in [3.05, 3.63) is 95.4 Å². The molecule has 0 bridgehead atoms. The Morgan fingerprint density at radius 3 is 2.39 bits per heavy atom. The van der Waals surface area contributed by atoms with Crippen molar-refractivity contribution in [2.24, 2.45) is 5.41 Å². The number of piperidine rings is 2. The first kappa shape index (κ1) is 38.8. The summed E-state index contributed by atoms with van der Waals surface area (Å²) < 4.78 is 15.1. The summed E-state index contributed by atoms with van der Waals surface area (Å²) in [6, 6.07) is 18.7. The lowest BCUT2D eigenvalue weighted by Crippen LogP contribution is -2.49.